The van der Waals surface area contributed by atoms with Gasteiger partial charge in [-0.25, -0.2) is 0 Å². The van der Waals surface area contributed by atoms with Crippen LogP contribution in [-0.2, 0) is 10.8 Å². The SMILES string of the molecule is Brc1ccc2c(c1)C1(c3ccccc3-2)c2cccc3cccc1c23.c1ccc(-c2ccc(N(c3ccc4c(c3)C3(c5ccccc5-4)c4cccc5cccc3c45)c3cccc4c3oc3ccccc34)cc2)cc1.c1ccc(-c2ccc(Nc3cccc4c3oc3ccccc34)cc2)cc1. The highest BCUT2D eigenvalue weighted by Crippen LogP contribution is 2.66. The molecule has 0 unspecified atom stereocenters. The van der Waals surface area contributed by atoms with E-state index in [1.807, 2.05) is 30.3 Å². The van der Waals surface area contributed by atoms with E-state index >= 15 is 0 Å². The molecule has 0 bridgehead atoms. The van der Waals surface area contributed by atoms with Crippen LogP contribution < -0.4 is 10.2 Å². The van der Waals surface area contributed by atoms with Gasteiger partial charge in [-0.2, -0.15) is 0 Å². The molecule has 99 heavy (non-hydrogen) atoms. The molecule has 464 valence electrons. The molecule has 0 radical (unpaired) electrons. The summed E-state index contributed by atoms with van der Waals surface area (Å²) in [5.41, 5.74) is 29.7. The molecule has 2 aromatic heterocycles. The predicted octanol–water partition coefficient (Wildman–Crippen LogP) is 25.8. The largest absolute Gasteiger partial charge is 0.454 e. The van der Waals surface area contributed by atoms with Gasteiger partial charge >= 0.3 is 0 Å². The van der Waals surface area contributed by atoms with Gasteiger partial charge in [0.15, 0.2) is 11.2 Å². The summed E-state index contributed by atoms with van der Waals surface area (Å²) < 4.78 is 13.9. The Morgan fingerprint density at radius 2 is 0.687 bits per heavy atom. The second kappa shape index (κ2) is 22.4. The first-order valence-electron chi connectivity index (χ1n) is 33.9. The van der Waals surface area contributed by atoms with E-state index in [4.69, 9.17) is 8.83 Å². The number of rotatable bonds is 7. The molecule has 1 N–H and O–H groups in total. The van der Waals surface area contributed by atoms with Crippen molar-refractivity contribution in [2.45, 2.75) is 10.8 Å². The minimum Gasteiger partial charge on any atom is -0.454 e. The fourth-order valence-electron chi connectivity index (χ4n) is 17.1. The van der Waals surface area contributed by atoms with Crippen molar-refractivity contribution in [3.05, 3.63) is 401 Å². The van der Waals surface area contributed by atoms with Crippen molar-refractivity contribution >= 4 is 110 Å². The number of halogens is 1. The number of nitrogens with zero attached hydrogens (tertiary/aromatic N) is 1. The van der Waals surface area contributed by atoms with Gasteiger partial charge in [0.25, 0.3) is 0 Å². The molecule has 5 heteroatoms. The van der Waals surface area contributed by atoms with E-state index < -0.39 is 0 Å². The van der Waals surface area contributed by atoms with Crippen LogP contribution in [0.1, 0.15) is 44.5 Å². The van der Waals surface area contributed by atoms with Gasteiger partial charge in [0, 0.05) is 43.1 Å². The van der Waals surface area contributed by atoms with Crippen LogP contribution in [0.5, 0.6) is 0 Å². The fourth-order valence-corrected chi connectivity index (χ4v) is 17.4. The summed E-state index contributed by atoms with van der Waals surface area (Å²) in [4.78, 5) is 2.38. The van der Waals surface area contributed by atoms with E-state index in [2.05, 4.69) is 348 Å². The lowest BCUT2D eigenvalue weighted by molar-refractivity contribution is 0.669. The van der Waals surface area contributed by atoms with Crippen LogP contribution in [0, 0.1) is 0 Å². The molecule has 0 fully saturated rings. The molecular weight excluding hydrogens is 1270 g/mol. The number of hydrogen-bond donors (Lipinski definition) is 1. The topological polar surface area (TPSA) is 41.6 Å². The lowest BCUT2D eigenvalue weighted by atomic mass is 9.58. The zero-order valence-corrected chi connectivity index (χ0v) is 55.2. The van der Waals surface area contributed by atoms with Crippen molar-refractivity contribution in [3.63, 3.8) is 0 Å². The Kier molecular flexibility index (Phi) is 12.9. The lowest BCUT2D eigenvalue weighted by Gasteiger charge is -2.43. The van der Waals surface area contributed by atoms with Crippen LogP contribution in [0.2, 0.25) is 0 Å². The van der Waals surface area contributed by atoms with Crippen molar-refractivity contribution in [2.24, 2.45) is 0 Å². The number of benzene rings is 16. The maximum absolute atomic E-state index is 6.66. The maximum Gasteiger partial charge on any atom is 0.159 e. The van der Waals surface area contributed by atoms with Gasteiger partial charge in [0.2, 0.25) is 0 Å². The molecule has 0 aliphatic heterocycles. The minimum absolute atomic E-state index is 0.105. The summed E-state index contributed by atoms with van der Waals surface area (Å²) in [7, 11) is 0. The molecule has 16 aromatic carbocycles. The average molecular weight is 1330 g/mol. The van der Waals surface area contributed by atoms with E-state index in [1.165, 1.54) is 111 Å². The molecule has 2 heterocycles. The highest BCUT2D eigenvalue weighted by Gasteiger charge is 2.54. The Balaban J connectivity index is 0.000000111. The van der Waals surface area contributed by atoms with E-state index in [-0.39, 0.29) is 10.8 Å². The molecule has 22 rings (SSSR count). The maximum atomic E-state index is 6.66. The third-order valence-electron chi connectivity index (χ3n) is 21.3. The van der Waals surface area contributed by atoms with E-state index in [0.29, 0.717) is 0 Å². The highest BCUT2D eigenvalue weighted by atomic mass is 79.9. The number of furan rings is 2. The third kappa shape index (κ3) is 8.51. The van der Waals surface area contributed by atoms with Gasteiger partial charge in [0.05, 0.1) is 22.2 Å². The molecule has 18 aromatic rings. The first kappa shape index (κ1) is 57.0. The minimum atomic E-state index is -0.313. The molecule has 0 atom stereocenters. The first-order valence-corrected chi connectivity index (χ1v) is 34.7. The molecule has 4 aliphatic rings. The summed E-state index contributed by atoms with van der Waals surface area (Å²) in [5, 5.41) is 13.5. The van der Waals surface area contributed by atoms with Crippen LogP contribution >= 0.6 is 15.9 Å². The van der Waals surface area contributed by atoms with Crippen molar-refractivity contribution in [1.29, 1.82) is 0 Å². The molecule has 0 saturated carbocycles. The van der Waals surface area contributed by atoms with Crippen molar-refractivity contribution in [2.75, 3.05) is 10.2 Å². The van der Waals surface area contributed by atoms with E-state index in [9.17, 15) is 0 Å². The molecular formula is C94H59BrN2O2. The summed E-state index contributed by atoms with van der Waals surface area (Å²) >= 11 is 3.69. The number of hydrogen-bond acceptors (Lipinski definition) is 4. The zero-order chi connectivity index (χ0) is 65.3. The summed E-state index contributed by atoms with van der Waals surface area (Å²) in [6, 6.07) is 126. The molecule has 0 amide bonds. The Bertz CT molecular complexity index is 6210. The van der Waals surface area contributed by atoms with Crippen molar-refractivity contribution in [3.8, 4) is 44.5 Å². The number of fused-ring (bicyclic) bond motifs is 20. The van der Waals surface area contributed by atoms with Gasteiger partial charge in [-0.05, 0) is 183 Å². The third-order valence-corrected chi connectivity index (χ3v) is 21.7. The van der Waals surface area contributed by atoms with Gasteiger partial charge in [-0.3, -0.25) is 0 Å². The quantitative estimate of drug-likeness (QED) is 0.173. The fraction of sp³-hybridized carbons (Fsp3) is 0.0213. The molecule has 2 spiro atoms. The van der Waals surface area contributed by atoms with Gasteiger partial charge in [-0.15, -0.1) is 0 Å². The second-order valence-electron chi connectivity index (χ2n) is 26.3. The lowest BCUT2D eigenvalue weighted by Crippen LogP contribution is -2.36. The number of para-hydroxylation sites is 4. The normalized spacial score (nSPS) is 13.3. The first-order chi connectivity index (χ1) is 49.0. The molecule has 4 nitrogen and oxygen atoms in total. The molecule has 4 aliphatic carbocycles. The van der Waals surface area contributed by atoms with E-state index in [0.717, 1.165) is 76.8 Å². The van der Waals surface area contributed by atoms with Crippen molar-refractivity contribution < 1.29 is 8.83 Å². The Hall–Kier alpha value is -12.3. The smallest absolute Gasteiger partial charge is 0.159 e. The second-order valence-corrected chi connectivity index (χ2v) is 27.2. The van der Waals surface area contributed by atoms with Crippen LogP contribution in [-0.4, -0.2) is 0 Å². The van der Waals surface area contributed by atoms with Crippen molar-refractivity contribution in [1.82, 2.24) is 0 Å². The Labute approximate surface area is 581 Å². The average Bonchev–Trinajstić information content (AvgIpc) is 1.56. The monoisotopic (exact) mass is 1330 g/mol. The highest BCUT2D eigenvalue weighted by molar-refractivity contribution is 9.10. The predicted molar refractivity (Wildman–Crippen MR) is 414 cm³/mol. The van der Waals surface area contributed by atoms with Crippen LogP contribution in [0.4, 0.5) is 28.4 Å². The van der Waals surface area contributed by atoms with E-state index in [1.54, 1.807) is 0 Å². The summed E-state index contributed by atoms with van der Waals surface area (Å²) in [6.07, 6.45) is 0. The van der Waals surface area contributed by atoms with Crippen LogP contribution in [0.3, 0.4) is 0 Å². The molecule has 0 saturated heterocycles. The van der Waals surface area contributed by atoms with Gasteiger partial charge in [0.1, 0.15) is 11.2 Å². The standard InChI is InChI=1S/C47H29NO.C24H17NO.C23H13Br/c1-2-11-30(12-3-1)31-23-25-33(26-24-31)48(43-21-10-17-38-37-16-5-7-22-44(37)49-46(38)43)34-27-28-36-35-15-4-6-18-39(35)47(42(36)29-34)40-19-8-13-32-14-9-20-41(47)45(32)40;1-2-7-17(8-3-1)18-13-15-19(16-14-18)25-22-11-6-10-21-20-9-4-5-12-23(20)26-24(21)22;24-15-11-12-17-16-7-1-2-8-18(16)23(21(17)13-15)19-9-3-5-14-6-4-10-20(23)22(14)19/h1-29H;1-16,25H;1-13H. The van der Waals surface area contributed by atoms with Crippen LogP contribution in [0.15, 0.2) is 365 Å². The van der Waals surface area contributed by atoms with Gasteiger partial charge < -0.3 is 19.1 Å². The number of nitrogens with one attached hydrogen (secondary N) is 1. The van der Waals surface area contributed by atoms with Gasteiger partial charge in [-0.1, -0.05) is 295 Å². The summed E-state index contributed by atoms with van der Waals surface area (Å²) in [6.45, 7) is 0. The Morgan fingerprint density at radius 3 is 1.25 bits per heavy atom. The zero-order valence-electron chi connectivity index (χ0n) is 53.6. The van der Waals surface area contributed by atoms with Crippen LogP contribution in [0.25, 0.3) is 110 Å². The number of anilines is 5. The Morgan fingerprint density at radius 1 is 0.283 bits per heavy atom. The summed E-state index contributed by atoms with van der Waals surface area (Å²) in [5.74, 6) is 0.